The second-order valence-corrected chi connectivity index (χ2v) is 8.26. The maximum Gasteiger partial charge on any atom is 0.348 e. The lowest BCUT2D eigenvalue weighted by molar-refractivity contribution is -0.118. The summed E-state index contributed by atoms with van der Waals surface area (Å²) in [6.45, 7) is 1.81. The fourth-order valence-electron chi connectivity index (χ4n) is 3.59. The number of hydrogen-bond donors (Lipinski definition) is 1. The number of thiophene rings is 1. The quantitative estimate of drug-likeness (QED) is 0.613. The number of rotatable bonds is 5. The first-order chi connectivity index (χ1) is 13.5. The van der Waals surface area contributed by atoms with Crippen molar-refractivity contribution in [2.45, 2.75) is 32.6 Å². The number of fused-ring (bicyclic) bond motifs is 2. The van der Waals surface area contributed by atoms with Crippen LogP contribution in [0.5, 0.6) is 5.75 Å². The number of nitrogens with one attached hydrogen (secondary N) is 1. The van der Waals surface area contributed by atoms with Crippen LogP contribution in [0.1, 0.15) is 50.2 Å². The van der Waals surface area contributed by atoms with Crippen LogP contribution in [0.15, 0.2) is 24.3 Å². The van der Waals surface area contributed by atoms with E-state index < -0.39 is 5.97 Å². The van der Waals surface area contributed by atoms with E-state index in [9.17, 15) is 14.4 Å². The number of ketones is 1. The highest BCUT2D eigenvalue weighted by molar-refractivity contribution is 7.14. The maximum absolute atomic E-state index is 12.4. The van der Waals surface area contributed by atoms with Crippen LogP contribution < -0.4 is 10.1 Å². The summed E-state index contributed by atoms with van der Waals surface area (Å²) in [6.07, 6.45) is 4.33. The van der Waals surface area contributed by atoms with Gasteiger partial charge in [-0.05, 0) is 55.0 Å². The number of esters is 1. The summed E-state index contributed by atoms with van der Waals surface area (Å²) in [7, 11) is 0. The van der Waals surface area contributed by atoms with Crippen molar-refractivity contribution in [2.75, 3.05) is 18.5 Å². The number of aryl methyl sites for hydroxylation is 1. The Balaban J connectivity index is 1.39. The molecule has 0 saturated carbocycles. The highest BCUT2D eigenvalue weighted by Crippen LogP contribution is 2.34. The first-order valence-electron chi connectivity index (χ1n) is 9.42. The van der Waals surface area contributed by atoms with Crippen LogP contribution in [-0.4, -0.2) is 30.9 Å². The molecular weight excluding hydrogens is 378 g/mol. The van der Waals surface area contributed by atoms with Crippen molar-refractivity contribution < 1.29 is 23.9 Å². The molecule has 0 spiro atoms. The molecule has 2 aromatic rings. The van der Waals surface area contributed by atoms with Crippen LogP contribution in [0.25, 0.3) is 0 Å². The molecule has 2 aliphatic rings. The van der Waals surface area contributed by atoms with E-state index in [2.05, 4.69) is 12.2 Å². The number of anilines is 1. The molecule has 1 aromatic heterocycles. The predicted molar refractivity (Wildman–Crippen MR) is 105 cm³/mol. The smallest absolute Gasteiger partial charge is 0.348 e. The molecule has 1 amide bonds. The van der Waals surface area contributed by atoms with E-state index in [1.807, 2.05) is 6.07 Å². The Morgan fingerprint density at radius 2 is 2.18 bits per heavy atom. The van der Waals surface area contributed by atoms with E-state index >= 15 is 0 Å². The first-order valence-corrected chi connectivity index (χ1v) is 10.2. The molecule has 4 rings (SSSR count). The summed E-state index contributed by atoms with van der Waals surface area (Å²) in [5.74, 6) is 0.137. The van der Waals surface area contributed by atoms with Gasteiger partial charge < -0.3 is 14.8 Å². The Bertz CT molecular complexity index is 948. The summed E-state index contributed by atoms with van der Waals surface area (Å²) in [5.41, 5.74) is 2.05. The molecule has 1 aromatic carbocycles. The monoisotopic (exact) mass is 399 g/mol. The number of Topliss-reactive ketones (excluding diaryl/α,β-unsaturated/α-hetero) is 1. The molecule has 6 nitrogen and oxygen atoms in total. The summed E-state index contributed by atoms with van der Waals surface area (Å²) < 4.78 is 10.5. The standard InChI is InChI=1S/C21H21NO5S/c1-2-12-3-6-18-14(7-12)9-19(28-18)21(25)27-10-16(23)13-4-5-17-15(8-13)22-20(24)11-26-17/h4-5,8-9,12H,2-3,6-7,10-11H2,1H3,(H,22,24). The molecule has 0 fully saturated rings. The Morgan fingerprint density at radius 1 is 1.32 bits per heavy atom. The van der Waals surface area contributed by atoms with Crippen LogP contribution >= 0.6 is 11.3 Å². The molecular formula is C21H21NO5S. The zero-order chi connectivity index (χ0) is 19.7. The second-order valence-electron chi connectivity index (χ2n) is 7.12. The molecule has 1 aliphatic heterocycles. The summed E-state index contributed by atoms with van der Waals surface area (Å²) in [4.78, 5) is 38.0. The number of carbonyl (C=O) groups excluding carboxylic acids is 3. The third kappa shape index (κ3) is 3.80. The third-order valence-corrected chi connectivity index (χ3v) is 6.45. The lowest BCUT2D eigenvalue weighted by Gasteiger charge is -2.19. The zero-order valence-corrected chi connectivity index (χ0v) is 16.4. The topological polar surface area (TPSA) is 81.7 Å². The van der Waals surface area contributed by atoms with Gasteiger partial charge in [0.1, 0.15) is 10.6 Å². The third-order valence-electron chi connectivity index (χ3n) is 5.23. The number of hydrogen-bond acceptors (Lipinski definition) is 6. The van der Waals surface area contributed by atoms with Crippen LogP contribution in [0, 0.1) is 5.92 Å². The number of benzene rings is 1. The minimum atomic E-state index is -0.463. The van der Waals surface area contributed by atoms with Crippen molar-refractivity contribution in [1.82, 2.24) is 0 Å². The lowest BCUT2D eigenvalue weighted by atomic mass is 9.87. The van der Waals surface area contributed by atoms with Crippen LogP contribution in [0.3, 0.4) is 0 Å². The van der Waals surface area contributed by atoms with Gasteiger partial charge in [0.25, 0.3) is 5.91 Å². The van der Waals surface area contributed by atoms with Crippen molar-refractivity contribution in [2.24, 2.45) is 5.92 Å². The van der Waals surface area contributed by atoms with Gasteiger partial charge in [-0.1, -0.05) is 13.3 Å². The van der Waals surface area contributed by atoms with Crippen molar-refractivity contribution in [1.29, 1.82) is 0 Å². The van der Waals surface area contributed by atoms with E-state index in [0.29, 0.717) is 27.8 Å². The molecule has 0 bridgehead atoms. The average Bonchev–Trinajstić information content (AvgIpc) is 3.14. The average molecular weight is 399 g/mol. The first kappa shape index (κ1) is 18.7. The van der Waals surface area contributed by atoms with Crippen molar-refractivity contribution in [3.63, 3.8) is 0 Å². The molecule has 1 atom stereocenters. The molecule has 28 heavy (non-hydrogen) atoms. The Labute approximate surface area is 166 Å². The van der Waals surface area contributed by atoms with Crippen LogP contribution in [0.2, 0.25) is 0 Å². The highest BCUT2D eigenvalue weighted by Gasteiger charge is 2.23. The van der Waals surface area contributed by atoms with E-state index in [1.54, 1.807) is 12.1 Å². The van der Waals surface area contributed by atoms with Gasteiger partial charge in [-0.3, -0.25) is 9.59 Å². The number of ether oxygens (including phenoxy) is 2. The number of carbonyl (C=O) groups is 3. The van der Waals surface area contributed by atoms with E-state index in [1.165, 1.54) is 27.8 Å². The summed E-state index contributed by atoms with van der Waals surface area (Å²) >= 11 is 1.47. The minimum absolute atomic E-state index is 0.0400. The van der Waals surface area contributed by atoms with Gasteiger partial charge >= 0.3 is 5.97 Å². The normalized spacial score (nSPS) is 17.8. The van der Waals surface area contributed by atoms with Gasteiger partial charge in [0, 0.05) is 10.4 Å². The Hall–Kier alpha value is -2.67. The number of amides is 1. The van der Waals surface area contributed by atoms with E-state index in [-0.39, 0.29) is 24.9 Å². The Morgan fingerprint density at radius 3 is 3.00 bits per heavy atom. The minimum Gasteiger partial charge on any atom is -0.482 e. The summed E-state index contributed by atoms with van der Waals surface area (Å²) in [6, 6.07) is 6.68. The van der Waals surface area contributed by atoms with E-state index in [4.69, 9.17) is 9.47 Å². The van der Waals surface area contributed by atoms with Crippen LogP contribution in [0.4, 0.5) is 5.69 Å². The van der Waals surface area contributed by atoms with Gasteiger partial charge in [-0.2, -0.15) is 0 Å². The van der Waals surface area contributed by atoms with Gasteiger partial charge in [-0.15, -0.1) is 11.3 Å². The van der Waals surface area contributed by atoms with E-state index in [0.717, 1.165) is 25.7 Å². The second kappa shape index (κ2) is 7.75. The molecule has 0 saturated heterocycles. The van der Waals surface area contributed by atoms with Crippen LogP contribution in [-0.2, 0) is 22.4 Å². The SMILES string of the molecule is CCC1CCc2sc(C(=O)OCC(=O)c3ccc4c(c3)NC(=O)CO4)cc2C1. The van der Waals surface area contributed by atoms with Gasteiger partial charge in [0.2, 0.25) is 0 Å². The predicted octanol–water partition coefficient (Wildman–Crippen LogP) is 3.63. The van der Waals surface area contributed by atoms with Crippen molar-refractivity contribution >= 4 is 34.7 Å². The van der Waals surface area contributed by atoms with Gasteiger partial charge in [-0.25, -0.2) is 4.79 Å². The summed E-state index contributed by atoms with van der Waals surface area (Å²) in [5, 5.41) is 2.66. The Kier molecular flexibility index (Phi) is 5.17. The molecule has 146 valence electrons. The fraction of sp³-hybridized carbons (Fsp3) is 0.381. The zero-order valence-electron chi connectivity index (χ0n) is 15.6. The van der Waals surface area contributed by atoms with Gasteiger partial charge in [0.05, 0.1) is 5.69 Å². The largest absolute Gasteiger partial charge is 0.482 e. The van der Waals surface area contributed by atoms with Crippen molar-refractivity contribution in [3.05, 3.63) is 45.1 Å². The fourth-order valence-corrected chi connectivity index (χ4v) is 4.69. The molecule has 1 N–H and O–H groups in total. The molecule has 0 radical (unpaired) electrons. The highest BCUT2D eigenvalue weighted by atomic mass is 32.1. The molecule has 7 heteroatoms. The molecule has 1 unspecified atom stereocenters. The molecule has 2 heterocycles. The maximum atomic E-state index is 12.4. The van der Waals surface area contributed by atoms with Crippen molar-refractivity contribution in [3.8, 4) is 5.75 Å². The van der Waals surface area contributed by atoms with Gasteiger partial charge in [0.15, 0.2) is 19.0 Å². The molecule has 1 aliphatic carbocycles. The lowest BCUT2D eigenvalue weighted by Crippen LogP contribution is -2.25.